The lowest BCUT2D eigenvalue weighted by Gasteiger charge is -2.17. The normalized spacial score (nSPS) is 13.4. The maximum absolute atomic E-state index is 11.8. The van der Waals surface area contributed by atoms with E-state index in [2.05, 4.69) is 5.32 Å². The molecule has 0 aliphatic heterocycles. The van der Waals surface area contributed by atoms with E-state index >= 15 is 0 Å². The summed E-state index contributed by atoms with van der Waals surface area (Å²) in [4.78, 5) is 23.0. The van der Waals surface area contributed by atoms with Gasteiger partial charge in [-0.05, 0) is 18.4 Å². The molecule has 1 aromatic rings. The van der Waals surface area contributed by atoms with Crippen molar-refractivity contribution in [3.05, 3.63) is 35.9 Å². The lowest BCUT2D eigenvalue weighted by Crippen LogP contribution is -2.43. The lowest BCUT2D eigenvalue weighted by molar-refractivity contribution is -0.142. The fourth-order valence-corrected chi connectivity index (χ4v) is 1.94. The van der Waals surface area contributed by atoms with Crippen molar-refractivity contribution in [2.45, 2.75) is 31.4 Å². The summed E-state index contributed by atoms with van der Waals surface area (Å²) in [5.41, 5.74) is 6.47. The van der Waals surface area contributed by atoms with Crippen molar-refractivity contribution < 1.29 is 19.4 Å². The Morgan fingerprint density at radius 3 is 2.52 bits per heavy atom. The number of amides is 1. The summed E-state index contributed by atoms with van der Waals surface area (Å²) in [6.07, 6.45) is 0.587. The highest BCUT2D eigenvalue weighted by Crippen LogP contribution is 2.06. The molecule has 21 heavy (non-hydrogen) atoms. The molecular weight excluding hydrogens is 272 g/mol. The van der Waals surface area contributed by atoms with E-state index < -0.39 is 18.1 Å². The van der Waals surface area contributed by atoms with Crippen LogP contribution in [0.2, 0.25) is 0 Å². The number of carboxylic acid groups (broad SMARTS) is 1. The second-order valence-electron chi connectivity index (χ2n) is 4.78. The smallest absolute Gasteiger partial charge is 0.326 e. The van der Waals surface area contributed by atoms with Crippen molar-refractivity contribution in [3.8, 4) is 0 Å². The number of hydrogen-bond donors (Lipinski definition) is 3. The molecular formula is C15H22N2O4. The second-order valence-corrected chi connectivity index (χ2v) is 4.78. The number of rotatable bonds is 9. The summed E-state index contributed by atoms with van der Waals surface area (Å²) in [5, 5.41) is 11.7. The summed E-state index contributed by atoms with van der Waals surface area (Å²) < 4.78 is 5.01. The summed E-state index contributed by atoms with van der Waals surface area (Å²) in [6.45, 7) is 0.214. The van der Waals surface area contributed by atoms with Gasteiger partial charge in [0.25, 0.3) is 0 Å². The minimum atomic E-state index is -1.04. The van der Waals surface area contributed by atoms with Crippen molar-refractivity contribution in [1.29, 1.82) is 0 Å². The lowest BCUT2D eigenvalue weighted by atomic mass is 10.0. The number of methoxy groups -OCH3 is 1. The molecule has 0 aromatic heterocycles. The fraction of sp³-hybridized carbons (Fsp3) is 0.467. The predicted octanol–water partition coefficient (Wildman–Crippen LogP) is 0.552. The van der Waals surface area contributed by atoms with Crippen molar-refractivity contribution in [2.75, 3.05) is 13.7 Å². The number of benzene rings is 1. The highest BCUT2D eigenvalue weighted by atomic mass is 16.5. The Morgan fingerprint density at radius 1 is 1.33 bits per heavy atom. The quantitative estimate of drug-likeness (QED) is 0.617. The molecule has 6 heteroatoms. The minimum Gasteiger partial charge on any atom is -0.480 e. The van der Waals surface area contributed by atoms with Crippen LogP contribution in [0.4, 0.5) is 0 Å². The number of aliphatic carboxylic acids is 1. The molecule has 2 atom stereocenters. The zero-order chi connectivity index (χ0) is 15.7. The Balaban J connectivity index is 2.50. The van der Waals surface area contributed by atoms with Crippen LogP contribution in [0.25, 0.3) is 0 Å². The fourth-order valence-electron chi connectivity index (χ4n) is 1.94. The molecule has 0 heterocycles. The monoisotopic (exact) mass is 294 g/mol. The molecule has 0 fully saturated rings. The van der Waals surface area contributed by atoms with Gasteiger partial charge in [0.05, 0.1) is 12.5 Å². The molecule has 1 aromatic carbocycles. The van der Waals surface area contributed by atoms with Crippen LogP contribution < -0.4 is 11.1 Å². The van der Waals surface area contributed by atoms with Gasteiger partial charge < -0.3 is 20.9 Å². The average molecular weight is 294 g/mol. The number of carboxylic acids is 1. The SMILES string of the molecule is COC(CN)CC(=O)NC(CCc1ccccc1)C(=O)O. The topological polar surface area (TPSA) is 102 Å². The minimum absolute atomic E-state index is 0.0577. The van der Waals surface area contributed by atoms with Crippen molar-refractivity contribution >= 4 is 11.9 Å². The molecule has 116 valence electrons. The Hall–Kier alpha value is -1.92. The Bertz CT molecular complexity index is 446. The molecule has 1 amide bonds. The Labute approximate surface area is 124 Å². The van der Waals surface area contributed by atoms with Crippen molar-refractivity contribution in [2.24, 2.45) is 5.73 Å². The number of ether oxygens (including phenoxy) is 1. The summed E-state index contributed by atoms with van der Waals surface area (Å²) in [6, 6.07) is 8.64. The molecule has 4 N–H and O–H groups in total. The zero-order valence-corrected chi connectivity index (χ0v) is 12.1. The van der Waals surface area contributed by atoms with Gasteiger partial charge in [-0.1, -0.05) is 30.3 Å². The zero-order valence-electron chi connectivity index (χ0n) is 12.1. The van der Waals surface area contributed by atoms with E-state index in [4.69, 9.17) is 10.5 Å². The van der Waals surface area contributed by atoms with Crippen molar-refractivity contribution in [1.82, 2.24) is 5.32 Å². The maximum atomic E-state index is 11.8. The van der Waals surface area contributed by atoms with Gasteiger partial charge in [0.15, 0.2) is 0 Å². The highest BCUT2D eigenvalue weighted by molar-refractivity contribution is 5.83. The van der Waals surface area contributed by atoms with Crippen LogP contribution >= 0.6 is 0 Å². The van der Waals surface area contributed by atoms with Crippen LogP contribution in [0.15, 0.2) is 30.3 Å². The molecule has 1 rings (SSSR count). The molecule has 0 aliphatic carbocycles. The van der Waals surface area contributed by atoms with E-state index in [0.29, 0.717) is 12.8 Å². The largest absolute Gasteiger partial charge is 0.480 e. The van der Waals surface area contributed by atoms with Crippen LogP contribution in [0.5, 0.6) is 0 Å². The summed E-state index contributed by atoms with van der Waals surface area (Å²) >= 11 is 0. The summed E-state index contributed by atoms with van der Waals surface area (Å²) in [7, 11) is 1.47. The average Bonchev–Trinajstić information content (AvgIpc) is 2.49. The first kappa shape index (κ1) is 17.1. The van der Waals surface area contributed by atoms with Gasteiger partial charge in [0.2, 0.25) is 5.91 Å². The molecule has 0 saturated carbocycles. The first-order valence-corrected chi connectivity index (χ1v) is 6.85. The van der Waals surface area contributed by atoms with Gasteiger partial charge in [-0.15, -0.1) is 0 Å². The number of carbonyl (C=O) groups is 2. The van der Waals surface area contributed by atoms with Crippen LogP contribution in [0.1, 0.15) is 18.4 Å². The van der Waals surface area contributed by atoms with E-state index in [1.165, 1.54) is 7.11 Å². The summed E-state index contributed by atoms with van der Waals surface area (Å²) in [5.74, 6) is -1.41. The molecule has 6 nitrogen and oxygen atoms in total. The number of hydrogen-bond acceptors (Lipinski definition) is 4. The van der Waals surface area contributed by atoms with Crippen LogP contribution in [-0.2, 0) is 20.7 Å². The van der Waals surface area contributed by atoms with E-state index in [9.17, 15) is 14.7 Å². The third kappa shape index (κ3) is 6.37. The third-order valence-corrected chi connectivity index (χ3v) is 3.21. The van der Waals surface area contributed by atoms with E-state index in [1.807, 2.05) is 30.3 Å². The number of nitrogens with one attached hydrogen (secondary N) is 1. The molecule has 0 aliphatic rings. The Kier molecular flexibility index (Phi) is 7.42. The van der Waals surface area contributed by atoms with Gasteiger partial charge in [-0.2, -0.15) is 0 Å². The molecule has 0 saturated heterocycles. The van der Waals surface area contributed by atoms with Gasteiger partial charge in [-0.25, -0.2) is 4.79 Å². The van der Waals surface area contributed by atoms with Crippen molar-refractivity contribution in [3.63, 3.8) is 0 Å². The van der Waals surface area contributed by atoms with E-state index in [1.54, 1.807) is 0 Å². The first-order chi connectivity index (χ1) is 10.1. The first-order valence-electron chi connectivity index (χ1n) is 6.85. The van der Waals surface area contributed by atoms with Gasteiger partial charge in [0.1, 0.15) is 6.04 Å². The van der Waals surface area contributed by atoms with Crippen LogP contribution in [0.3, 0.4) is 0 Å². The second kappa shape index (κ2) is 9.10. The number of carbonyl (C=O) groups excluding carboxylic acids is 1. The van der Waals surface area contributed by atoms with E-state index in [-0.39, 0.29) is 18.9 Å². The molecule has 0 spiro atoms. The molecule has 0 radical (unpaired) electrons. The van der Waals surface area contributed by atoms with Gasteiger partial charge >= 0.3 is 5.97 Å². The number of aryl methyl sites for hydroxylation is 1. The predicted molar refractivity (Wildman–Crippen MR) is 78.8 cm³/mol. The van der Waals surface area contributed by atoms with Crippen LogP contribution in [0, 0.1) is 0 Å². The van der Waals surface area contributed by atoms with Gasteiger partial charge in [-0.3, -0.25) is 4.79 Å². The Morgan fingerprint density at radius 2 is 2.00 bits per heavy atom. The third-order valence-electron chi connectivity index (χ3n) is 3.21. The molecule has 2 unspecified atom stereocenters. The van der Waals surface area contributed by atoms with E-state index in [0.717, 1.165) is 5.56 Å². The highest BCUT2D eigenvalue weighted by Gasteiger charge is 2.21. The number of nitrogens with two attached hydrogens (primary N) is 1. The standard InChI is InChI=1S/C15H22N2O4/c1-21-12(10-16)9-14(18)17-13(15(19)20)8-7-11-5-3-2-4-6-11/h2-6,12-13H,7-10,16H2,1H3,(H,17,18)(H,19,20). The molecule has 0 bridgehead atoms. The van der Waals surface area contributed by atoms with Gasteiger partial charge in [0, 0.05) is 13.7 Å². The maximum Gasteiger partial charge on any atom is 0.326 e. The van der Waals surface area contributed by atoms with Crippen LogP contribution in [-0.4, -0.2) is 42.8 Å².